The minimum absolute atomic E-state index is 0.232. The Morgan fingerprint density at radius 2 is 1.82 bits per heavy atom. The second-order valence-corrected chi connectivity index (χ2v) is 9.55. The van der Waals surface area contributed by atoms with E-state index in [1.165, 1.54) is 15.6 Å². The fourth-order valence-electron chi connectivity index (χ4n) is 2.75. The number of benzene rings is 2. The summed E-state index contributed by atoms with van der Waals surface area (Å²) in [6, 6.07) is 12.1. The van der Waals surface area contributed by atoms with Crippen LogP contribution in [0.1, 0.15) is 29.8 Å². The molecule has 9 heteroatoms. The zero-order valence-electron chi connectivity index (χ0n) is 15.5. The number of nitrogens with zero attached hydrogens (tertiary/aromatic N) is 2. The van der Waals surface area contributed by atoms with Crippen LogP contribution in [0.25, 0.3) is 10.2 Å². The first-order valence-corrected chi connectivity index (χ1v) is 12.1. The van der Waals surface area contributed by atoms with Gasteiger partial charge in [-0.1, -0.05) is 53.2 Å². The first-order chi connectivity index (χ1) is 13.4. The number of nitrogens with one attached hydrogen (secondary N) is 1. The number of carbonyl (C=O) groups is 1. The van der Waals surface area contributed by atoms with Crippen molar-refractivity contribution in [3.63, 3.8) is 0 Å². The third-order valence-electron chi connectivity index (χ3n) is 4.29. The molecule has 0 aliphatic heterocycles. The molecule has 0 aliphatic carbocycles. The minimum atomic E-state index is -3.54. The lowest BCUT2D eigenvalue weighted by molar-refractivity contribution is 0.102. The van der Waals surface area contributed by atoms with Gasteiger partial charge in [-0.25, -0.2) is 13.4 Å². The second kappa shape index (κ2) is 8.69. The summed E-state index contributed by atoms with van der Waals surface area (Å²) in [4.78, 5) is 17.0. The van der Waals surface area contributed by atoms with Crippen molar-refractivity contribution in [2.45, 2.75) is 24.1 Å². The lowest BCUT2D eigenvalue weighted by Gasteiger charge is -2.18. The van der Waals surface area contributed by atoms with Gasteiger partial charge in [0.05, 0.1) is 15.1 Å². The van der Waals surface area contributed by atoms with Gasteiger partial charge in [0.1, 0.15) is 0 Å². The van der Waals surface area contributed by atoms with Gasteiger partial charge in [-0.05, 0) is 35.9 Å². The number of rotatable bonds is 7. The third-order valence-corrected chi connectivity index (χ3v) is 7.92. The van der Waals surface area contributed by atoms with Crippen LogP contribution < -0.4 is 5.32 Å². The maximum absolute atomic E-state index is 12.7. The molecule has 0 aliphatic rings. The van der Waals surface area contributed by atoms with E-state index in [0.29, 0.717) is 34.0 Å². The zero-order valence-corrected chi connectivity index (χ0v) is 18.7. The number of carbonyl (C=O) groups excluding carboxylic acids is 1. The van der Waals surface area contributed by atoms with Crippen LogP contribution in [-0.2, 0) is 15.4 Å². The molecule has 0 fully saturated rings. The van der Waals surface area contributed by atoms with E-state index in [4.69, 9.17) is 0 Å². The molecule has 28 heavy (non-hydrogen) atoms. The summed E-state index contributed by atoms with van der Waals surface area (Å²) in [5, 5.41) is 3.95. The molecule has 3 rings (SSSR count). The molecule has 0 unspecified atom stereocenters. The summed E-state index contributed by atoms with van der Waals surface area (Å²) in [6.45, 7) is 4.44. The van der Waals surface area contributed by atoms with Crippen LogP contribution in [0, 0.1) is 0 Å². The molecule has 0 saturated heterocycles. The van der Waals surface area contributed by atoms with Crippen LogP contribution in [0.3, 0.4) is 0 Å². The molecule has 6 nitrogen and oxygen atoms in total. The number of anilines is 1. The van der Waals surface area contributed by atoms with Gasteiger partial charge < -0.3 is 0 Å². The maximum atomic E-state index is 12.7. The Kier molecular flexibility index (Phi) is 6.49. The Morgan fingerprint density at radius 3 is 2.43 bits per heavy atom. The number of aromatic nitrogens is 1. The van der Waals surface area contributed by atoms with Gasteiger partial charge in [0.15, 0.2) is 5.13 Å². The molecular formula is C19H20BrN3O3S2. The molecule has 0 radical (unpaired) electrons. The molecule has 0 saturated carbocycles. The summed E-state index contributed by atoms with van der Waals surface area (Å²) < 4.78 is 27.5. The van der Waals surface area contributed by atoms with E-state index in [0.717, 1.165) is 10.9 Å². The van der Waals surface area contributed by atoms with Crippen molar-refractivity contribution in [2.75, 3.05) is 18.4 Å². The molecule has 2 aromatic carbocycles. The van der Waals surface area contributed by atoms with Crippen LogP contribution in [0.15, 0.2) is 47.4 Å². The van der Waals surface area contributed by atoms with E-state index in [1.807, 2.05) is 26.0 Å². The number of fused-ring (bicyclic) bond motifs is 1. The van der Waals surface area contributed by atoms with Gasteiger partial charge in [0.2, 0.25) is 10.0 Å². The van der Waals surface area contributed by atoms with E-state index in [2.05, 4.69) is 26.2 Å². The van der Waals surface area contributed by atoms with Gasteiger partial charge in [0, 0.05) is 24.0 Å². The molecule has 0 atom stereocenters. The van der Waals surface area contributed by atoms with Crippen LogP contribution >= 0.6 is 27.3 Å². The van der Waals surface area contributed by atoms with Gasteiger partial charge >= 0.3 is 0 Å². The van der Waals surface area contributed by atoms with E-state index in [9.17, 15) is 13.2 Å². The van der Waals surface area contributed by atoms with E-state index in [1.54, 1.807) is 30.3 Å². The van der Waals surface area contributed by atoms with Gasteiger partial charge in [0.25, 0.3) is 5.91 Å². The summed E-state index contributed by atoms with van der Waals surface area (Å²) in [5.74, 6) is -0.254. The molecule has 1 amide bonds. The van der Waals surface area contributed by atoms with Crippen LogP contribution in [0.2, 0.25) is 0 Å². The second-order valence-electron chi connectivity index (χ2n) is 6.02. The third kappa shape index (κ3) is 4.27. The summed E-state index contributed by atoms with van der Waals surface area (Å²) in [5.41, 5.74) is 2.26. The number of halogens is 1. The first-order valence-electron chi connectivity index (χ1n) is 8.76. The summed E-state index contributed by atoms with van der Waals surface area (Å²) >= 11 is 4.63. The van der Waals surface area contributed by atoms with Crippen molar-refractivity contribution in [2.24, 2.45) is 0 Å². The zero-order chi connectivity index (χ0) is 20.3. The van der Waals surface area contributed by atoms with E-state index >= 15 is 0 Å². The molecule has 0 spiro atoms. The molecule has 0 bridgehead atoms. The van der Waals surface area contributed by atoms with Gasteiger partial charge in [-0.3, -0.25) is 10.1 Å². The highest BCUT2D eigenvalue weighted by Gasteiger charge is 2.22. The summed E-state index contributed by atoms with van der Waals surface area (Å²) in [7, 11) is -3.54. The first kappa shape index (κ1) is 20.9. The normalized spacial score (nSPS) is 11.9. The topological polar surface area (TPSA) is 79.4 Å². The highest BCUT2D eigenvalue weighted by Crippen LogP contribution is 2.29. The average molecular weight is 482 g/mol. The van der Waals surface area contributed by atoms with Crippen molar-refractivity contribution in [1.82, 2.24) is 9.29 Å². The number of thiazole rings is 1. The quantitative estimate of drug-likeness (QED) is 0.504. The number of sulfonamides is 1. The average Bonchev–Trinajstić information content (AvgIpc) is 3.10. The number of alkyl halides is 1. The molecule has 3 aromatic rings. The van der Waals surface area contributed by atoms with Crippen molar-refractivity contribution in [1.29, 1.82) is 0 Å². The molecular weight excluding hydrogens is 462 g/mol. The maximum Gasteiger partial charge on any atom is 0.257 e. The van der Waals surface area contributed by atoms with Crippen LogP contribution in [0.5, 0.6) is 0 Å². The fraction of sp³-hybridized carbons (Fsp3) is 0.263. The highest BCUT2D eigenvalue weighted by atomic mass is 79.9. The van der Waals surface area contributed by atoms with Crippen LogP contribution in [-0.4, -0.2) is 36.7 Å². The lowest BCUT2D eigenvalue weighted by atomic mass is 10.1. The molecule has 1 N–H and O–H groups in total. The molecule has 1 aromatic heterocycles. The van der Waals surface area contributed by atoms with Gasteiger partial charge in [-0.15, -0.1) is 0 Å². The van der Waals surface area contributed by atoms with Crippen molar-refractivity contribution >= 4 is 58.5 Å². The van der Waals surface area contributed by atoms with Crippen molar-refractivity contribution in [3.05, 3.63) is 53.6 Å². The minimum Gasteiger partial charge on any atom is -0.298 e. The summed E-state index contributed by atoms with van der Waals surface area (Å²) in [6.07, 6.45) is 0. The Morgan fingerprint density at radius 1 is 1.14 bits per heavy atom. The molecule has 148 valence electrons. The van der Waals surface area contributed by atoms with Crippen LogP contribution in [0.4, 0.5) is 5.13 Å². The SMILES string of the molecule is CCN(CC)S(=O)(=O)c1ccc2nc(NC(=O)c3ccc(CBr)cc3)sc2c1. The number of hydrogen-bond donors (Lipinski definition) is 1. The Hall–Kier alpha value is -1.81. The monoisotopic (exact) mass is 481 g/mol. The van der Waals surface area contributed by atoms with E-state index in [-0.39, 0.29) is 10.8 Å². The Bertz CT molecular complexity index is 1090. The highest BCUT2D eigenvalue weighted by molar-refractivity contribution is 9.08. The Labute approximate surface area is 176 Å². The number of amides is 1. The molecule has 1 heterocycles. The lowest BCUT2D eigenvalue weighted by Crippen LogP contribution is -2.30. The van der Waals surface area contributed by atoms with Crippen molar-refractivity contribution in [3.8, 4) is 0 Å². The van der Waals surface area contributed by atoms with Crippen molar-refractivity contribution < 1.29 is 13.2 Å². The fourth-order valence-corrected chi connectivity index (χ4v) is 5.58. The Balaban J connectivity index is 1.85. The van der Waals surface area contributed by atoms with E-state index < -0.39 is 10.0 Å². The standard InChI is InChI=1S/C19H20BrN3O3S2/c1-3-23(4-2)28(25,26)15-9-10-16-17(11-15)27-19(21-16)22-18(24)14-7-5-13(12-20)6-8-14/h5-11H,3-4,12H2,1-2H3,(H,21,22,24). The number of hydrogen-bond acceptors (Lipinski definition) is 5. The smallest absolute Gasteiger partial charge is 0.257 e. The predicted molar refractivity (Wildman–Crippen MR) is 117 cm³/mol. The largest absolute Gasteiger partial charge is 0.298 e. The predicted octanol–water partition coefficient (Wildman–Crippen LogP) is 4.47. The van der Waals surface area contributed by atoms with Gasteiger partial charge in [-0.2, -0.15) is 4.31 Å².